The topological polar surface area (TPSA) is 0 Å². The van der Waals surface area contributed by atoms with E-state index in [9.17, 15) is 0 Å². The highest BCUT2D eigenvalue weighted by atomic mass is 15.3. The smallest absolute Gasteiger partial charge is 0.105 e. The number of unbranched alkanes of at least 4 members (excludes halogenated alkanes) is 8. The Balaban J connectivity index is 1.59. The normalized spacial score (nSPS) is 11.8. The van der Waals surface area contributed by atoms with E-state index in [-0.39, 0.29) is 0 Å². The van der Waals surface area contributed by atoms with Crippen molar-refractivity contribution in [3.05, 3.63) is 120 Å². The summed E-state index contributed by atoms with van der Waals surface area (Å²) in [5, 5.41) is 0. The summed E-state index contributed by atoms with van der Waals surface area (Å²) in [7, 11) is 0. The second kappa shape index (κ2) is 16.9. The molecule has 0 atom stereocenters. The van der Waals surface area contributed by atoms with E-state index in [2.05, 4.69) is 110 Å². The van der Waals surface area contributed by atoms with Gasteiger partial charge in [-0.25, -0.2) is 0 Å². The van der Waals surface area contributed by atoms with Crippen molar-refractivity contribution < 1.29 is 4.48 Å². The van der Waals surface area contributed by atoms with Gasteiger partial charge >= 0.3 is 0 Å². The highest BCUT2D eigenvalue weighted by Crippen LogP contribution is 2.26. The zero-order chi connectivity index (χ0) is 25.2. The van der Waals surface area contributed by atoms with E-state index in [1.807, 2.05) is 0 Å². The highest BCUT2D eigenvalue weighted by molar-refractivity contribution is 5.17. The van der Waals surface area contributed by atoms with Crippen LogP contribution in [0.3, 0.4) is 0 Å². The Labute approximate surface area is 221 Å². The van der Waals surface area contributed by atoms with Crippen LogP contribution in [0.2, 0.25) is 0 Å². The van der Waals surface area contributed by atoms with Gasteiger partial charge in [0.05, 0.1) is 6.54 Å². The van der Waals surface area contributed by atoms with Gasteiger partial charge in [0.15, 0.2) is 0 Å². The van der Waals surface area contributed by atoms with Crippen molar-refractivity contribution in [2.24, 2.45) is 0 Å². The van der Waals surface area contributed by atoms with Crippen LogP contribution in [0.15, 0.2) is 103 Å². The maximum absolute atomic E-state index is 2.41. The Bertz CT molecular complexity index is 844. The quantitative estimate of drug-likeness (QED) is 0.0961. The Kier molecular flexibility index (Phi) is 13.1. The molecule has 0 radical (unpaired) electrons. The predicted molar refractivity (Wildman–Crippen MR) is 157 cm³/mol. The van der Waals surface area contributed by atoms with Crippen LogP contribution < -0.4 is 0 Å². The minimum Gasteiger partial charge on any atom is -0.312 e. The summed E-state index contributed by atoms with van der Waals surface area (Å²) >= 11 is 0. The molecule has 3 rings (SSSR count). The van der Waals surface area contributed by atoms with E-state index in [0.717, 1.165) is 24.1 Å². The summed E-state index contributed by atoms with van der Waals surface area (Å²) in [4.78, 5) is 0. The van der Waals surface area contributed by atoms with E-state index in [1.54, 1.807) is 0 Å². The molecular weight excluding hydrogens is 434 g/mol. The Morgan fingerprint density at radius 3 is 1.31 bits per heavy atom. The second-order valence-corrected chi connectivity index (χ2v) is 10.5. The molecule has 0 amide bonds. The number of hydrogen-bond acceptors (Lipinski definition) is 0. The lowest BCUT2D eigenvalue weighted by atomic mass is 10.0. The summed E-state index contributed by atoms with van der Waals surface area (Å²) in [5.74, 6) is 0. The summed E-state index contributed by atoms with van der Waals surface area (Å²) < 4.78 is 1.08. The molecular formula is C35H48N+. The van der Waals surface area contributed by atoms with Crippen molar-refractivity contribution in [3.8, 4) is 0 Å². The van der Waals surface area contributed by atoms with Gasteiger partial charge in [-0.05, 0) is 38.5 Å². The molecule has 0 aromatic heterocycles. The molecule has 3 aromatic carbocycles. The average molecular weight is 483 g/mol. The molecule has 0 heterocycles. The lowest BCUT2D eigenvalue weighted by Crippen LogP contribution is -2.46. The van der Waals surface area contributed by atoms with Crippen molar-refractivity contribution in [2.75, 3.05) is 6.54 Å². The first-order valence-electron chi connectivity index (χ1n) is 14.4. The molecule has 1 heteroatoms. The van der Waals surface area contributed by atoms with Gasteiger partial charge < -0.3 is 4.48 Å². The average Bonchev–Trinajstić information content (AvgIpc) is 2.91. The number of quaternary nitrogens is 1. The number of nitrogens with zero attached hydrogens (tertiary/aromatic N) is 1. The molecule has 0 bridgehead atoms. The predicted octanol–water partition coefficient (Wildman–Crippen LogP) is 9.88. The van der Waals surface area contributed by atoms with E-state index >= 15 is 0 Å². The fraction of sp³-hybridized carbons (Fsp3) is 0.429. The van der Waals surface area contributed by atoms with Crippen LogP contribution in [-0.2, 0) is 19.6 Å². The molecule has 0 saturated carbocycles. The Morgan fingerprint density at radius 1 is 0.472 bits per heavy atom. The van der Waals surface area contributed by atoms with Gasteiger partial charge in [-0.2, -0.15) is 0 Å². The first-order chi connectivity index (χ1) is 17.8. The van der Waals surface area contributed by atoms with Crippen molar-refractivity contribution in [3.63, 3.8) is 0 Å². The maximum Gasteiger partial charge on any atom is 0.105 e. The van der Waals surface area contributed by atoms with Crippen LogP contribution >= 0.6 is 0 Å². The number of benzene rings is 3. The van der Waals surface area contributed by atoms with Crippen LogP contribution in [-0.4, -0.2) is 11.0 Å². The minimum atomic E-state index is 1.08. The second-order valence-electron chi connectivity index (χ2n) is 10.5. The van der Waals surface area contributed by atoms with Gasteiger partial charge in [0.25, 0.3) is 0 Å². The molecule has 0 N–H and O–H groups in total. The van der Waals surface area contributed by atoms with E-state index in [1.165, 1.54) is 87.4 Å². The Hall–Kier alpha value is -2.64. The largest absolute Gasteiger partial charge is 0.312 e. The minimum absolute atomic E-state index is 1.08. The third-order valence-corrected chi connectivity index (χ3v) is 7.23. The van der Waals surface area contributed by atoms with E-state index < -0.39 is 0 Å². The molecule has 192 valence electrons. The van der Waals surface area contributed by atoms with Crippen LogP contribution in [0.4, 0.5) is 0 Å². The molecule has 0 aliphatic heterocycles. The fourth-order valence-electron chi connectivity index (χ4n) is 5.30. The first-order valence-corrected chi connectivity index (χ1v) is 14.4. The standard InChI is InChI=1S/C35H48N/c1-2-3-4-5-6-7-8-9-10-11-12-22-29-36(30-33-23-16-13-17-24-33,31-34-25-18-14-19-26-34)32-35-27-20-15-21-28-35/h6-7,13-21,23-28H,2-5,8-12,22,29-32H2,1H3/q+1/b7-6+. The van der Waals surface area contributed by atoms with Crippen molar-refractivity contribution in [2.45, 2.75) is 90.8 Å². The van der Waals surface area contributed by atoms with Gasteiger partial charge in [-0.3, -0.25) is 0 Å². The summed E-state index contributed by atoms with van der Waals surface area (Å²) in [6.07, 6.45) is 18.0. The van der Waals surface area contributed by atoms with Crippen molar-refractivity contribution in [1.82, 2.24) is 0 Å². The van der Waals surface area contributed by atoms with Gasteiger partial charge in [0, 0.05) is 16.7 Å². The van der Waals surface area contributed by atoms with Crippen LogP contribution in [0.25, 0.3) is 0 Å². The van der Waals surface area contributed by atoms with E-state index in [0.29, 0.717) is 0 Å². The molecule has 36 heavy (non-hydrogen) atoms. The number of hydrogen-bond donors (Lipinski definition) is 0. The van der Waals surface area contributed by atoms with Crippen LogP contribution in [0, 0.1) is 0 Å². The lowest BCUT2D eigenvalue weighted by Gasteiger charge is -2.39. The summed E-state index contributed by atoms with van der Waals surface area (Å²) in [6, 6.07) is 33.3. The molecule has 0 spiro atoms. The SMILES string of the molecule is CCCCC/C=C/CCCCCCC[N+](Cc1ccccc1)(Cc1ccccc1)Cc1ccccc1. The summed E-state index contributed by atoms with van der Waals surface area (Å²) in [6.45, 7) is 6.72. The Morgan fingerprint density at radius 2 is 0.861 bits per heavy atom. The van der Waals surface area contributed by atoms with Crippen LogP contribution in [0.5, 0.6) is 0 Å². The number of rotatable bonds is 18. The fourth-order valence-corrected chi connectivity index (χ4v) is 5.30. The van der Waals surface area contributed by atoms with Gasteiger partial charge in [-0.1, -0.05) is 136 Å². The zero-order valence-corrected chi connectivity index (χ0v) is 22.7. The number of allylic oxidation sites excluding steroid dienone is 2. The van der Waals surface area contributed by atoms with Crippen molar-refractivity contribution in [1.29, 1.82) is 0 Å². The lowest BCUT2D eigenvalue weighted by molar-refractivity contribution is -0.966. The molecule has 3 aromatic rings. The highest BCUT2D eigenvalue weighted by Gasteiger charge is 2.28. The van der Waals surface area contributed by atoms with Gasteiger partial charge in [0.2, 0.25) is 0 Å². The third-order valence-electron chi connectivity index (χ3n) is 7.23. The molecule has 0 fully saturated rings. The van der Waals surface area contributed by atoms with E-state index in [4.69, 9.17) is 0 Å². The molecule has 1 nitrogen and oxygen atoms in total. The van der Waals surface area contributed by atoms with Gasteiger partial charge in [0.1, 0.15) is 19.6 Å². The maximum atomic E-state index is 2.41. The van der Waals surface area contributed by atoms with Crippen molar-refractivity contribution >= 4 is 0 Å². The first kappa shape index (κ1) is 27.9. The molecule has 0 saturated heterocycles. The van der Waals surface area contributed by atoms with Crippen LogP contribution in [0.1, 0.15) is 87.8 Å². The summed E-state index contributed by atoms with van der Waals surface area (Å²) in [5.41, 5.74) is 4.32. The monoisotopic (exact) mass is 482 g/mol. The molecule has 0 aliphatic rings. The van der Waals surface area contributed by atoms with Gasteiger partial charge in [-0.15, -0.1) is 0 Å². The molecule has 0 unspecified atom stereocenters. The third kappa shape index (κ3) is 11.0. The zero-order valence-electron chi connectivity index (χ0n) is 22.7. The molecule has 0 aliphatic carbocycles.